The lowest BCUT2D eigenvalue weighted by molar-refractivity contribution is -0.144. The normalized spacial score (nSPS) is 11.2. The molecule has 0 amide bonds. The zero-order chi connectivity index (χ0) is 48.6. The summed E-state index contributed by atoms with van der Waals surface area (Å²) in [5.41, 5.74) is 11.2. The molecule has 0 bridgehead atoms. The Morgan fingerprint density at radius 2 is 0.924 bits per heavy atom. The Morgan fingerprint density at radius 3 is 1.32 bits per heavy atom. The van der Waals surface area contributed by atoms with Crippen LogP contribution in [0.1, 0.15) is 110 Å². The summed E-state index contributed by atoms with van der Waals surface area (Å²) in [6, 6.07) is 12.7. The van der Waals surface area contributed by atoms with Crippen LogP contribution < -0.4 is 30.7 Å². The lowest BCUT2D eigenvalue weighted by atomic mass is 10.1. The Morgan fingerprint density at radius 1 is 0.515 bits per heavy atom. The minimum atomic E-state index is -1.14. The fraction of sp³-hybridized carbons (Fsp3) is 0.646. The maximum absolute atomic E-state index is 12.7. The molecule has 0 saturated carbocycles. The van der Waals surface area contributed by atoms with Crippen LogP contribution in [-0.4, -0.2) is 137 Å². The van der Waals surface area contributed by atoms with E-state index >= 15 is 0 Å². The van der Waals surface area contributed by atoms with Crippen molar-refractivity contribution in [3.8, 4) is 11.5 Å². The molecule has 0 aliphatic rings. The molecule has 1 unspecified atom stereocenters. The largest absolute Gasteiger partial charge is 0.488 e. The first-order valence-electron chi connectivity index (χ1n) is 23.5. The van der Waals surface area contributed by atoms with Gasteiger partial charge in [-0.3, -0.25) is 24.0 Å². The first-order valence-corrected chi connectivity index (χ1v) is 23.5. The molecule has 2 aromatic carbocycles. The van der Waals surface area contributed by atoms with Crippen molar-refractivity contribution < 1.29 is 67.7 Å². The van der Waals surface area contributed by atoms with Gasteiger partial charge in [0, 0.05) is 13.2 Å². The Kier molecular flexibility index (Phi) is 34.8. The molecule has 18 nitrogen and oxygen atoms in total. The minimum absolute atomic E-state index is 0.0202. The molecule has 2 aromatic rings. The van der Waals surface area contributed by atoms with Crippen LogP contribution >= 0.6 is 0 Å². The summed E-state index contributed by atoms with van der Waals surface area (Å²) in [7, 11) is 0. The van der Waals surface area contributed by atoms with Gasteiger partial charge in [0.05, 0.1) is 24.6 Å². The lowest BCUT2D eigenvalue weighted by Crippen LogP contribution is -2.36. The Bertz CT molecular complexity index is 1510. The third-order valence-electron chi connectivity index (χ3n) is 9.85. The molecule has 0 radical (unpaired) electrons. The molecule has 0 heterocycles. The molecule has 0 fully saturated rings. The summed E-state index contributed by atoms with van der Waals surface area (Å²) in [5, 5.41) is 27.5. The topological polar surface area (TPSA) is 260 Å². The summed E-state index contributed by atoms with van der Waals surface area (Å²) in [5.74, 6) is -3.76. The molecule has 7 N–H and O–H groups in total. The predicted molar refractivity (Wildman–Crippen MR) is 252 cm³/mol. The van der Waals surface area contributed by atoms with E-state index in [4.69, 9.17) is 45.0 Å². The van der Waals surface area contributed by atoms with Gasteiger partial charge in [0.2, 0.25) is 0 Å². The summed E-state index contributed by atoms with van der Waals surface area (Å²) in [4.78, 5) is 61.7. The van der Waals surface area contributed by atoms with Crippen LogP contribution in [0.4, 0.5) is 11.4 Å². The summed E-state index contributed by atoms with van der Waals surface area (Å²) in [6.45, 7) is 5.27. The molecule has 18 heteroatoms. The van der Waals surface area contributed by atoms with Crippen LogP contribution in [0.15, 0.2) is 48.5 Å². The molecular weight excluding hydrogens is 857 g/mol. The van der Waals surface area contributed by atoms with Crippen LogP contribution in [0, 0.1) is 0 Å². The number of hydrogen-bond donors (Lipinski definition) is 5. The van der Waals surface area contributed by atoms with E-state index in [-0.39, 0.29) is 52.7 Å². The van der Waals surface area contributed by atoms with E-state index in [1.54, 1.807) is 48.5 Å². The van der Waals surface area contributed by atoms with Crippen LogP contribution in [0.5, 0.6) is 11.5 Å². The molecule has 1 atom stereocenters. The van der Waals surface area contributed by atoms with Crippen molar-refractivity contribution in [1.82, 2.24) is 0 Å². The number of carboxylic acid groups (broad SMARTS) is 3. The monoisotopic (exact) mass is 935 g/mol. The average Bonchev–Trinajstić information content (AvgIpc) is 3.29. The number of esters is 2. The van der Waals surface area contributed by atoms with Gasteiger partial charge in [-0.1, -0.05) is 109 Å². The number of hydrogen-bond acceptors (Lipinski definition) is 15. The standard InChI is InChI=1S/C42H64N2O12.C6H14N2O2/c1-3-5-7-9-11-17-23-51-25-27-55-41(49)33-43(31-39(45)46)35-19-13-15-21-37(35)53-29-30-54-38-22-16-14-20-36(38)44(32-40(47)48)34-42(50)56-28-26-52-24-18-12-10-8-6-4-2;7-4-2-1-3-5(8)6(9)10/h13-16,19-22H,3-12,17-18,23-34H2,1-2H3,(H,45,46)(H,47,48);5H,1-4,7-8H2,(H,9,10). The van der Waals surface area contributed by atoms with Crippen molar-refractivity contribution in [2.24, 2.45) is 11.5 Å². The van der Waals surface area contributed by atoms with Crippen molar-refractivity contribution in [2.75, 3.05) is 95.4 Å². The lowest BCUT2D eigenvalue weighted by Gasteiger charge is -2.25. The Balaban J connectivity index is 0.00000193. The smallest absolute Gasteiger partial charge is 0.325 e. The first-order chi connectivity index (χ1) is 31.9. The molecule has 66 heavy (non-hydrogen) atoms. The fourth-order valence-electron chi connectivity index (χ4n) is 6.40. The van der Waals surface area contributed by atoms with Gasteiger partial charge >= 0.3 is 29.8 Å². The third kappa shape index (κ3) is 30.1. The van der Waals surface area contributed by atoms with E-state index in [1.807, 2.05) is 0 Å². The summed E-state index contributed by atoms with van der Waals surface area (Å²) in [6.07, 6.45) is 16.0. The molecule has 2 rings (SSSR count). The van der Waals surface area contributed by atoms with Gasteiger partial charge in [0.15, 0.2) is 0 Å². The second kappa shape index (κ2) is 39.0. The highest BCUT2D eigenvalue weighted by molar-refractivity contribution is 5.83. The number of ether oxygens (including phenoxy) is 6. The minimum Gasteiger partial charge on any atom is -0.488 e. The number of rotatable bonds is 40. The van der Waals surface area contributed by atoms with Gasteiger partial charge in [0.1, 0.15) is 70.1 Å². The number of aliphatic carboxylic acids is 3. The van der Waals surface area contributed by atoms with E-state index in [2.05, 4.69) is 13.8 Å². The second-order valence-corrected chi connectivity index (χ2v) is 15.6. The van der Waals surface area contributed by atoms with Gasteiger partial charge in [-0.25, -0.2) is 0 Å². The molecule has 0 spiro atoms. The zero-order valence-electron chi connectivity index (χ0n) is 39.4. The molecule has 0 aliphatic carbocycles. The van der Waals surface area contributed by atoms with Crippen molar-refractivity contribution in [1.29, 1.82) is 0 Å². The Labute approximate surface area is 391 Å². The number of para-hydroxylation sites is 4. The number of nitrogens with zero attached hydrogens (tertiary/aromatic N) is 2. The van der Waals surface area contributed by atoms with E-state index in [0.717, 1.165) is 38.5 Å². The first kappa shape index (κ1) is 58.8. The van der Waals surface area contributed by atoms with Gasteiger partial charge in [-0.2, -0.15) is 0 Å². The second-order valence-electron chi connectivity index (χ2n) is 15.6. The number of nitrogens with two attached hydrogens (primary N) is 2. The van der Waals surface area contributed by atoms with E-state index in [9.17, 15) is 34.2 Å². The summed E-state index contributed by atoms with van der Waals surface area (Å²) >= 11 is 0. The Hall–Kier alpha value is -5.17. The maximum Gasteiger partial charge on any atom is 0.325 e. The maximum atomic E-state index is 12.7. The quantitative estimate of drug-likeness (QED) is 0.0363. The van der Waals surface area contributed by atoms with Gasteiger partial charge in [-0.15, -0.1) is 0 Å². The molecule has 0 aromatic heterocycles. The zero-order valence-corrected chi connectivity index (χ0v) is 39.4. The number of anilines is 2. The highest BCUT2D eigenvalue weighted by Crippen LogP contribution is 2.30. The van der Waals surface area contributed by atoms with Gasteiger partial charge in [0.25, 0.3) is 0 Å². The van der Waals surface area contributed by atoms with Crippen LogP contribution in [0.25, 0.3) is 0 Å². The van der Waals surface area contributed by atoms with E-state index in [0.29, 0.717) is 49.1 Å². The third-order valence-corrected chi connectivity index (χ3v) is 9.85. The number of carboxylic acids is 3. The van der Waals surface area contributed by atoms with Crippen LogP contribution in [-0.2, 0) is 42.9 Å². The highest BCUT2D eigenvalue weighted by atomic mass is 16.6. The van der Waals surface area contributed by atoms with Gasteiger partial charge < -0.3 is 65.0 Å². The number of carbonyl (C=O) groups is 5. The van der Waals surface area contributed by atoms with Crippen LogP contribution in [0.2, 0.25) is 0 Å². The highest BCUT2D eigenvalue weighted by Gasteiger charge is 2.21. The van der Waals surface area contributed by atoms with Crippen LogP contribution in [0.3, 0.4) is 0 Å². The summed E-state index contributed by atoms with van der Waals surface area (Å²) < 4.78 is 33.7. The molecule has 0 saturated heterocycles. The molecule has 374 valence electrons. The SMILES string of the molecule is CCCCCCCCOCCOC(=O)CN(CC(=O)O)c1ccccc1OCCOc1ccccc1N(CC(=O)O)CC(=O)OCCOCCCCCCCC.NCCCCC(N)C(=O)O. The van der Waals surface area contributed by atoms with Crippen molar-refractivity contribution >= 4 is 41.2 Å². The van der Waals surface area contributed by atoms with Crippen molar-refractivity contribution in [3.05, 3.63) is 48.5 Å². The number of unbranched alkanes of at least 4 members (excludes halogenated alkanes) is 11. The number of carbonyl (C=O) groups excluding carboxylic acids is 2. The average molecular weight is 935 g/mol. The fourth-order valence-corrected chi connectivity index (χ4v) is 6.40. The van der Waals surface area contributed by atoms with Gasteiger partial charge in [-0.05, 0) is 56.5 Å². The van der Waals surface area contributed by atoms with Crippen molar-refractivity contribution in [2.45, 2.75) is 116 Å². The van der Waals surface area contributed by atoms with E-state index < -0.39 is 49.0 Å². The van der Waals surface area contributed by atoms with Crippen molar-refractivity contribution in [3.63, 3.8) is 0 Å². The number of benzene rings is 2. The van der Waals surface area contributed by atoms with E-state index in [1.165, 1.54) is 61.2 Å². The molecular formula is C48H78N4O14. The molecule has 0 aliphatic heterocycles. The predicted octanol–water partition coefficient (Wildman–Crippen LogP) is 6.29.